The minimum Gasteiger partial charge on any atom is -0.457 e. The topological polar surface area (TPSA) is 163 Å². The van der Waals surface area contributed by atoms with Crippen LogP contribution in [0.5, 0.6) is 0 Å². The summed E-state index contributed by atoms with van der Waals surface area (Å²) in [6.45, 7) is 1.05. The minimum absolute atomic E-state index is 0.0573. The number of hydrogen-bond donors (Lipinski definition) is 5. The van der Waals surface area contributed by atoms with E-state index in [0.29, 0.717) is 30.3 Å². The fourth-order valence-corrected chi connectivity index (χ4v) is 4.29. The summed E-state index contributed by atoms with van der Waals surface area (Å²) in [4.78, 5) is 23.5. The van der Waals surface area contributed by atoms with E-state index in [1.807, 2.05) is 0 Å². The van der Waals surface area contributed by atoms with Crippen molar-refractivity contribution < 1.29 is 49.3 Å². The van der Waals surface area contributed by atoms with Crippen molar-refractivity contribution >= 4 is 12.3 Å². The molecule has 0 spiro atoms. The summed E-state index contributed by atoms with van der Waals surface area (Å²) in [7, 11) is 0. The van der Waals surface area contributed by atoms with Gasteiger partial charge in [0.1, 0.15) is 36.8 Å². The Kier molecular flexibility index (Phi) is 7.98. The number of hydrogen-bond acceptors (Lipinski definition) is 10. The number of carbonyl (C=O) groups is 2. The molecule has 174 valence electrons. The van der Waals surface area contributed by atoms with Crippen LogP contribution in [0.4, 0.5) is 0 Å². The van der Waals surface area contributed by atoms with E-state index in [2.05, 4.69) is 0 Å². The molecule has 0 radical (unpaired) electrons. The summed E-state index contributed by atoms with van der Waals surface area (Å²) in [5.74, 6) is -1.51. The third kappa shape index (κ3) is 5.23. The Morgan fingerprint density at radius 2 is 1.94 bits per heavy atom. The lowest BCUT2D eigenvalue weighted by Gasteiger charge is -2.39. The third-order valence-corrected chi connectivity index (χ3v) is 6.17. The van der Waals surface area contributed by atoms with E-state index in [1.54, 1.807) is 19.1 Å². The second-order valence-electron chi connectivity index (χ2n) is 8.31. The second-order valence-corrected chi connectivity index (χ2v) is 8.31. The number of ether oxygens (including phenoxy) is 3. The summed E-state index contributed by atoms with van der Waals surface area (Å²) in [6, 6.07) is 0. The number of fused-ring (bicyclic) bond motifs is 1. The Morgan fingerprint density at radius 3 is 2.61 bits per heavy atom. The fourth-order valence-electron chi connectivity index (χ4n) is 4.29. The molecule has 0 aromatic carbocycles. The summed E-state index contributed by atoms with van der Waals surface area (Å²) >= 11 is 0. The van der Waals surface area contributed by atoms with Gasteiger partial charge in [0.25, 0.3) is 0 Å². The molecule has 0 unspecified atom stereocenters. The highest BCUT2D eigenvalue weighted by atomic mass is 16.7. The monoisotopic (exact) mass is 442 g/mol. The molecule has 5 N–H and O–H groups in total. The lowest BCUT2D eigenvalue weighted by atomic mass is 9.82. The number of aldehydes is 1. The number of allylic oxidation sites excluding steroid dienone is 1. The van der Waals surface area contributed by atoms with Gasteiger partial charge < -0.3 is 39.7 Å². The molecule has 3 rings (SSSR count). The molecule has 0 saturated carbocycles. The average Bonchev–Trinajstić information content (AvgIpc) is 3.03. The van der Waals surface area contributed by atoms with Crippen molar-refractivity contribution in [2.45, 2.75) is 69.1 Å². The molecule has 1 aliphatic carbocycles. The Hall–Kier alpha value is -1.66. The highest BCUT2D eigenvalue weighted by molar-refractivity contribution is 5.76. The normalized spacial score (nSPS) is 45.0. The van der Waals surface area contributed by atoms with Gasteiger partial charge >= 0.3 is 5.97 Å². The molecule has 2 saturated heterocycles. The smallest absolute Gasteiger partial charge is 0.309 e. The Bertz CT molecular complexity index is 717. The minimum atomic E-state index is -1.55. The van der Waals surface area contributed by atoms with Crippen molar-refractivity contribution in [2.75, 3.05) is 13.2 Å². The molecular weight excluding hydrogens is 412 g/mol. The average molecular weight is 442 g/mol. The zero-order valence-corrected chi connectivity index (χ0v) is 17.2. The summed E-state index contributed by atoms with van der Waals surface area (Å²) in [6.07, 6.45) is -3.39. The molecule has 2 heterocycles. The standard InChI is InChI=1S/C21H30O10/c1-10-16-13(24)5-11(7-22)3-2-4-12(6-14(16)30-20(10)28)9-29-21-19(27)18(26)17(25)15(8-23)31-21/h3,6-7,10,13-19,21,23-27H,2,4-5,8-9H2,1H3/b11-3+,12-6-/t10-,13-,14+,15+,16+,17+,18-,19+,21+/m0/s1. The maximum atomic E-state index is 12.1. The Morgan fingerprint density at radius 1 is 1.19 bits per heavy atom. The van der Waals surface area contributed by atoms with Crippen LogP contribution in [0.25, 0.3) is 0 Å². The molecule has 0 amide bonds. The second kappa shape index (κ2) is 10.3. The van der Waals surface area contributed by atoms with Crippen molar-refractivity contribution in [2.24, 2.45) is 11.8 Å². The van der Waals surface area contributed by atoms with Gasteiger partial charge in [0, 0.05) is 12.3 Å². The number of aliphatic hydroxyl groups is 5. The van der Waals surface area contributed by atoms with Gasteiger partial charge in [-0.1, -0.05) is 13.0 Å². The Labute approximate surface area is 179 Å². The van der Waals surface area contributed by atoms with Gasteiger partial charge in [-0.3, -0.25) is 9.59 Å². The van der Waals surface area contributed by atoms with E-state index in [0.717, 1.165) is 0 Å². The van der Waals surface area contributed by atoms with Gasteiger partial charge in [0.15, 0.2) is 6.29 Å². The van der Waals surface area contributed by atoms with Gasteiger partial charge in [0.05, 0.1) is 25.2 Å². The fraction of sp³-hybridized carbons (Fsp3) is 0.714. The first kappa shape index (κ1) is 24.0. The van der Waals surface area contributed by atoms with Crippen LogP contribution in [0.1, 0.15) is 26.2 Å². The van der Waals surface area contributed by atoms with Crippen LogP contribution in [-0.4, -0.2) is 93.9 Å². The summed E-state index contributed by atoms with van der Waals surface area (Å²) in [5, 5.41) is 49.9. The molecule has 31 heavy (non-hydrogen) atoms. The van der Waals surface area contributed by atoms with Crippen LogP contribution in [0.15, 0.2) is 23.3 Å². The molecular formula is C21H30O10. The maximum Gasteiger partial charge on any atom is 0.309 e. The van der Waals surface area contributed by atoms with Crippen LogP contribution < -0.4 is 0 Å². The third-order valence-electron chi connectivity index (χ3n) is 6.17. The SMILES string of the molecule is C[C@@H]1C(=O)O[C@@H]2/C=C(\CO[C@@H]3O[C@H](CO)[C@@H](O)[C@H](O)[C@H]3O)CC/C=C(/C=O)C[C@H](O)[C@@H]12. The number of carbonyl (C=O) groups excluding carboxylic acids is 2. The zero-order chi connectivity index (χ0) is 22.7. The van der Waals surface area contributed by atoms with E-state index < -0.39 is 67.3 Å². The summed E-state index contributed by atoms with van der Waals surface area (Å²) in [5.41, 5.74) is 1.12. The van der Waals surface area contributed by atoms with Gasteiger partial charge in [-0.05, 0) is 30.1 Å². The molecule has 2 aliphatic heterocycles. The number of aliphatic hydroxyl groups excluding tert-OH is 5. The summed E-state index contributed by atoms with van der Waals surface area (Å²) < 4.78 is 16.4. The number of rotatable bonds is 5. The first-order valence-electron chi connectivity index (χ1n) is 10.4. The van der Waals surface area contributed by atoms with Crippen LogP contribution in [-0.2, 0) is 23.8 Å². The van der Waals surface area contributed by atoms with Crippen LogP contribution in [0, 0.1) is 11.8 Å². The van der Waals surface area contributed by atoms with Crippen LogP contribution in [0.3, 0.4) is 0 Å². The van der Waals surface area contributed by atoms with E-state index >= 15 is 0 Å². The predicted octanol–water partition coefficient (Wildman–Crippen LogP) is -1.42. The molecule has 0 aromatic rings. The quantitative estimate of drug-likeness (QED) is 0.194. The van der Waals surface area contributed by atoms with Gasteiger partial charge in [-0.15, -0.1) is 0 Å². The molecule has 0 aromatic heterocycles. The van der Waals surface area contributed by atoms with Crippen LogP contribution >= 0.6 is 0 Å². The van der Waals surface area contributed by atoms with E-state index in [1.165, 1.54) is 0 Å². The molecule has 10 heteroatoms. The van der Waals surface area contributed by atoms with E-state index in [9.17, 15) is 35.1 Å². The van der Waals surface area contributed by atoms with Gasteiger partial charge in [-0.2, -0.15) is 0 Å². The van der Waals surface area contributed by atoms with E-state index in [-0.39, 0.29) is 13.0 Å². The molecule has 9 atom stereocenters. The van der Waals surface area contributed by atoms with Crippen molar-refractivity contribution in [1.82, 2.24) is 0 Å². The predicted molar refractivity (Wildman–Crippen MR) is 104 cm³/mol. The van der Waals surface area contributed by atoms with Gasteiger partial charge in [-0.25, -0.2) is 0 Å². The lowest BCUT2D eigenvalue weighted by molar-refractivity contribution is -0.299. The molecule has 10 nitrogen and oxygen atoms in total. The van der Waals surface area contributed by atoms with Crippen molar-refractivity contribution in [3.05, 3.63) is 23.3 Å². The van der Waals surface area contributed by atoms with Crippen molar-refractivity contribution in [3.8, 4) is 0 Å². The lowest BCUT2D eigenvalue weighted by Crippen LogP contribution is -2.59. The molecule has 2 fully saturated rings. The first-order valence-corrected chi connectivity index (χ1v) is 10.4. The Balaban J connectivity index is 1.77. The maximum absolute atomic E-state index is 12.1. The molecule has 0 bridgehead atoms. The van der Waals surface area contributed by atoms with Crippen molar-refractivity contribution in [1.29, 1.82) is 0 Å². The highest BCUT2D eigenvalue weighted by Gasteiger charge is 2.46. The van der Waals surface area contributed by atoms with Crippen molar-refractivity contribution in [3.63, 3.8) is 0 Å². The largest absolute Gasteiger partial charge is 0.457 e. The van der Waals surface area contributed by atoms with Gasteiger partial charge in [0.2, 0.25) is 0 Å². The number of esters is 1. The highest BCUT2D eigenvalue weighted by Crippen LogP contribution is 2.35. The zero-order valence-electron chi connectivity index (χ0n) is 17.2. The first-order chi connectivity index (χ1) is 14.8. The van der Waals surface area contributed by atoms with Crippen LogP contribution in [0.2, 0.25) is 0 Å². The molecule has 3 aliphatic rings. The van der Waals surface area contributed by atoms with E-state index in [4.69, 9.17) is 14.2 Å².